The first-order chi connectivity index (χ1) is 16.6. The second-order valence-electron chi connectivity index (χ2n) is 7.65. The zero-order valence-electron chi connectivity index (χ0n) is 17.9. The molecule has 3 aromatic rings. The minimum atomic E-state index is -4.53. The van der Waals surface area contributed by atoms with Gasteiger partial charge in [0.15, 0.2) is 5.11 Å². The van der Waals surface area contributed by atoms with Gasteiger partial charge in [-0.05, 0) is 64.4 Å². The van der Waals surface area contributed by atoms with Crippen molar-refractivity contribution in [1.82, 2.24) is 4.90 Å². The van der Waals surface area contributed by atoms with Crippen molar-refractivity contribution in [2.75, 3.05) is 17.2 Å². The molecule has 2 heterocycles. The van der Waals surface area contributed by atoms with Gasteiger partial charge in [0.05, 0.1) is 28.9 Å². The quantitative estimate of drug-likeness (QED) is 0.347. The lowest BCUT2D eigenvalue weighted by molar-refractivity contribution is -0.136. The first-order valence-corrected chi connectivity index (χ1v) is 12.3. The maximum absolute atomic E-state index is 13.3. The Morgan fingerprint density at radius 3 is 2.46 bits per heavy atom. The summed E-state index contributed by atoms with van der Waals surface area (Å²) in [4.78, 5) is 27.5. The molecule has 4 N–H and O–H groups in total. The summed E-state index contributed by atoms with van der Waals surface area (Å²) < 4.78 is 40.6. The van der Waals surface area contributed by atoms with Crippen LogP contribution in [-0.4, -0.2) is 28.4 Å². The molecule has 0 fully saturated rings. The summed E-state index contributed by atoms with van der Waals surface area (Å²) in [7, 11) is 0. The van der Waals surface area contributed by atoms with Crippen molar-refractivity contribution >= 4 is 67.1 Å². The lowest BCUT2D eigenvalue weighted by Crippen LogP contribution is -2.39. The van der Waals surface area contributed by atoms with E-state index >= 15 is 0 Å². The van der Waals surface area contributed by atoms with Crippen LogP contribution >= 0.6 is 39.5 Å². The first kappa shape index (κ1) is 25.1. The van der Waals surface area contributed by atoms with Crippen molar-refractivity contribution < 1.29 is 22.8 Å². The van der Waals surface area contributed by atoms with E-state index in [0.717, 1.165) is 10.9 Å². The molecule has 2 amide bonds. The fraction of sp³-hybridized carbons (Fsp3) is 0.174. The number of fused-ring (bicyclic) bond motifs is 1. The number of primary amides is 1. The monoisotopic (exact) mass is 582 g/mol. The molecule has 4 rings (SSSR count). The number of carbonyl (C=O) groups excluding carboxylic acids is 2. The average molecular weight is 583 g/mol. The number of alkyl halides is 3. The van der Waals surface area contributed by atoms with Crippen molar-refractivity contribution in [3.05, 3.63) is 80.1 Å². The van der Waals surface area contributed by atoms with Gasteiger partial charge in [0.2, 0.25) is 0 Å². The highest BCUT2D eigenvalue weighted by atomic mass is 79.9. The number of halogens is 4. The lowest BCUT2D eigenvalue weighted by atomic mass is 10.0. The number of carbonyl (C=O) groups is 2. The maximum atomic E-state index is 13.3. The number of benzene rings is 2. The Kier molecular flexibility index (Phi) is 7.15. The van der Waals surface area contributed by atoms with Crippen molar-refractivity contribution in [2.45, 2.75) is 19.1 Å². The molecule has 1 aromatic heterocycles. The van der Waals surface area contributed by atoms with Crippen molar-refractivity contribution in [2.24, 2.45) is 5.73 Å². The molecule has 1 aliphatic rings. The van der Waals surface area contributed by atoms with Gasteiger partial charge in [0.25, 0.3) is 11.8 Å². The van der Waals surface area contributed by atoms with E-state index in [0.29, 0.717) is 33.6 Å². The molecule has 0 radical (unpaired) electrons. The number of hydrogen-bond donors (Lipinski definition) is 3. The third-order valence-corrected chi connectivity index (χ3v) is 7.59. The Morgan fingerprint density at radius 1 is 1.09 bits per heavy atom. The summed E-state index contributed by atoms with van der Waals surface area (Å²) in [5, 5.41) is 5.92. The van der Waals surface area contributed by atoms with Gasteiger partial charge in [-0.15, -0.1) is 11.3 Å². The zero-order valence-corrected chi connectivity index (χ0v) is 21.1. The normalized spacial score (nSPS) is 13.2. The summed E-state index contributed by atoms with van der Waals surface area (Å²) in [6, 6.07) is 12.0. The average Bonchev–Trinajstić information content (AvgIpc) is 3.16. The van der Waals surface area contributed by atoms with Crippen LogP contribution in [0.5, 0.6) is 0 Å². The summed E-state index contributed by atoms with van der Waals surface area (Å²) >= 11 is 9.92. The van der Waals surface area contributed by atoms with Crippen LogP contribution in [0, 0.1) is 0 Å². The molecule has 6 nitrogen and oxygen atoms in total. The van der Waals surface area contributed by atoms with E-state index in [4.69, 9.17) is 18.0 Å². The van der Waals surface area contributed by atoms with E-state index in [1.54, 1.807) is 29.2 Å². The van der Waals surface area contributed by atoms with Gasteiger partial charge in [-0.3, -0.25) is 9.59 Å². The number of anilines is 2. The molecule has 0 spiro atoms. The third-order valence-electron chi connectivity index (χ3n) is 5.41. The molecular formula is C23H18BrF3N4O2S2. The number of nitrogens with one attached hydrogen (secondary N) is 2. The summed E-state index contributed by atoms with van der Waals surface area (Å²) in [5.74, 6) is -1.07. The van der Waals surface area contributed by atoms with Crippen LogP contribution in [0.25, 0.3) is 0 Å². The van der Waals surface area contributed by atoms with Crippen LogP contribution in [0.15, 0.2) is 53.0 Å². The Balaban J connectivity index is 1.56. The summed E-state index contributed by atoms with van der Waals surface area (Å²) in [6.45, 7) is 0.618. The molecule has 0 atom stereocenters. The van der Waals surface area contributed by atoms with Gasteiger partial charge in [-0.1, -0.05) is 24.3 Å². The highest BCUT2D eigenvalue weighted by Crippen LogP contribution is 2.38. The highest BCUT2D eigenvalue weighted by molar-refractivity contribution is 9.10. The van der Waals surface area contributed by atoms with Gasteiger partial charge in [0.1, 0.15) is 5.00 Å². The predicted octanol–water partition coefficient (Wildman–Crippen LogP) is 5.64. The molecular weight excluding hydrogens is 565 g/mol. The molecule has 182 valence electrons. The fourth-order valence-electron chi connectivity index (χ4n) is 3.77. The van der Waals surface area contributed by atoms with E-state index < -0.39 is 23.6 Å². The maximum Gasteiger partial charge on any atom is 0.418 e. The van der Waals surface area contributed by atoms with Crippen molar-refractivity contribution in [3.63, 3.8) is 0 Å². The molecule has 12 heteroatoms. The number of nitrogens with two attached hydrogens (primary N) is 1. The van der Waals surface area contributed by atoms with E-state index in [1.807, 2.05) is 0 Å². The van der Waals surface area contributed by atoms with Crippen LogP contribution in [0.1, 0.15) is 36.7 Å². The molecule has 35 heavy (non-hydrogen) atoms. The van der Waals surface area contributed by atoms with Crippen LogP contribution < -0.4 is 16.4 Å². The zero-order chi connectivity index (χ0) is 25.3. The largest absolute Gasteiger partial charge is 0.418 e. The lowest BCUT2D eigenvalue weighted by Gasteiger charge is -2.30. The second kappa shape index (κ2) is 9.96. The van der Waals surface area contributed by atoms with Gasteiger partial charge in [-0.25, -0.2) is 0 Å². The van der Waals surface area contributed by atoms with Crippen molar-refractivity contribution in [3.8, 4) is 0 Å². The number of thiophene rings is 1. The molecule has 0 unspecified atom stereocenters. The molecule has 1 aliphatic heterocycles. The highest BCUT2D eigenvalue weighted by Gasteiger charge is 2.34. The van der Waals surface area contributed by atoms with E-state index in [9.17, 15) is 22.8 Å². The number of thiocarbonyl (C=S) groups is 1. The van der Waals surface area contributed by atoms with E-state index in [1.165, 1.54) is 29.5 Å². The fourth-order valence-corrected chi connectivity index (χ4v) is 5.77. The van der Waals surface area contributed by atoms with Crippen LogP contribution in [0.4, 0.5) is 23.9 Å². The third kappa shape index (κ3) is 5.34. The number of nitrogens with zero attached hydrogens (tertiary/aromatic N) is 1. The Hall–Kier alpha value is -2.96. The van der Waals surface area contributed by atoms with Crippen LogP contribution in [0.3, 0.4) is 0 Å². The standard InChI is InChI=1S/C23H18BrF3N4O2S2/c24-15-7-3-1-5-12(15)20(33)30-21-18(19(28)32)13-9-10-31(11-17(13)35-21)22(34)29-16-8-4-2-6-14(16)23(25,26)27/h1-8H,9-11H2,(H2,28,32)(H,29,34)(H,30,33). The molecule has 0 aliphatic carbocycles. The van der Waals surface area contributed by atoms with Gasteiger partial charge >= 0.3 is 6.18 Å². The predicted molar refractivity (Wildman–Crippen MR) is 137 cm³/mol. The molecule has 2 aromatic carbocycles. The Bertz CT molecular complexity index is 1330. The number of rotatable bonds is 4. The second-order valence-corrected chi connectivity index (χ2v) is 10.00. The smallest absolute Gasteiger partial charge is 0.365 e. The van der Waals surface area contributed by atoms with E-state index in [2.05, 4.69) is 26.6 Å². The summed E-state index contributed by atoms with van der Waals surface area (Å²) in [5.41, 5.74) is 6.02. The molecule has 0 saturated heterocycles. The first-order valence-electron chi connectivity index (χ1n) is 10.3. The minimum absolute atomic E-state index is 0.125. The SMILES string of the molecule is NC(=O)c1c(NC(=O)c2ccccc2Br)sc2c1CCN(C(=S)Nc1ccccc1C(F)(F)F)C2. The Labute approximate surface area is 216 Å². The van der Waals surface area contributed by atoms with Crippen LogP contribution in [-0.2, 0) is 19.1 Å². The molecule has 0 bridgehead atoms. The van der Waals surface area contributed by atoms with Crippen molar-refractivity contribution in [1.29, 1.82) is 0 Å². The number of para-hydroxylation sites is 1. The van der Waals surface area contributed by atoms with Gasteiger partial charge in [-0.2, -0.15) is 13.2 Å². The summed E-state index contributed by atoms with van der Waals surface area (Å²) in [6.07, 6.45) is -4.14. The Morgan fingerprint density at radius 2 is 1.77 bits per heavy atom. The van der Waals surface area contributed by atoms with Gasteiger partial charge < -0.3 is 21.3 Å². The molecule has 0 saturated carbocycles. The number of hydrogen-bond acceptors (Lipinski definition) is 4. The minimum Gasteiger partial charge on any atom is -0.365 e. The van der Waals surface area contributed by atoms with E-state index in [-0.39, 0.29) is 22.9 Å². The topological polar surface area (TPSA) is 87.5 Å². The number of amides is 2. The van der Waals surface area contributed by atoms with Gasteiger partial charge in [0, 0.05) is 15.9 Å². The van der Waals surface area contributed by atoms with Crippen LogP contribution in [0.2, 0.25) is 0 Å².